The summed E-state index contributed by atoms with van der Waals surface area (Å²) in [5.41, 5.74) is 3.00. The van der Waals surface area contributed by atoms with Crippen LogP contribution in [0.25, 0.3) is 22.4 Å². The van der Waals surface area contributed by atoms with Crippen molar-refractivity contribution >= 4 is 23.0 Å². The van der Waals surface area contributed by atoms with E-state index in [2.05, 4.69) is 10.1 Å². The summed E-state index contributed by atoms with van der Waals surface area (Å²) in [6.07, 6.45) is 1.49. The normalized spacial score (nSPS) is 16.8. The molecular weight excluding hydrogens is 370 g/mol. The molecule has 7 heteroatoms. The SMILES string of the molecule is CCOC(=O)C1CCCN(C(=O)c2cc(-c3ccccc3)nc3onc(C)c23)C1. The van der Waals surface area contributed by atoms with Crippen LogP contribution in [0.3, 0.4) is 0 Å². The lowest BCUT2D eigenvalue weighted by atomic mass is 9.96. The van der Waals surface area contributed by atoms with E-state index in [1.807, 2.05) is 30.3 Å². The van der Waals surface area contributed by atoms with Crippen LogP contribution >= 0.6 is 0 Å². The van der Waals surface area contributed by atoms with Gasteiger partial charge in [-0.15, -0.1) is 0 Å². The van der Waals surface area contributed by atoms with Gasteiger partial charge in [-0.2, -0.15) is 0 Å². The molecule has 1 amide bonds. The van der Waals surface area contributed by atoms with E-state index in [4.69, 9.17) is 9.26 Å². The van der Waals surface area contributed by atoms with Gasteiger partial charge in [-0.3, -0.25) is 9.59 Å². The number of hydrogen-bond donors (Lipinski definition) is 0. The Labute approximate surface area is 168 Å². The number of esters is 1. The van der Waals surface area contributed by atoms with Crippen LogP contribution in [-0.2, 0) is 9.53 Å². The van der Waals surface area contributed by atoms with Crippen LogP contribution in [0.4, 0.5) is 0 Å². The summed E-state index contributed by atoms with van der Waals surface area (Å²) < 4.78 is 10.5. The van der Waals surface area contributed by atoms with Crippen molar-refractivity contribution in [2.75, 3.05) is 19.7 Å². The van der Waals surface area contributed by atoms with Crippen molar-refractivity contribution in [1.82, 2.24) is 15.0 Å². The Morgan fingerprint density at radius 1 is 1.28 bits per heavy atom. The van der Waals surface area contributed by atoms with E-state index in [-0.39, 0.29) is 17.8 Å². The number of fused-ring (bicyclic) bond motifs is 1. The summed E-state index contributed by atoms with van der Waals surface area (Å²) >= 11 is 0. The van der Waals surface area contributed by atoms with Gasteiger partial charge >= 0.3 is 5.97 Å². The molecule has 1 fully saturated rings. The van der Waals surface area contributed by atoms with Crippen molar-refractivity contribution in [3.8, 4) is 11.3 Å². The summed E-state index contributed by atoms with van der Waals surface area (Å²) in [4.78, 5) is 31.9. The monoisotopic (exact) mass is 393 g/mol. The van der Waals surface area contributed by atoms with Crippen LogP contribution < -0.4 is 0 Å². The zero-order valence-corrected chi connectivity index (χ0v) is 16.6. The lowest BCUT2D eigenvalue weighted by Gasteiger charge is -2.31. The molecular formula is C22H23N3O4. The van der Waals surface area contributed by atoms with Crippen molar-refractivity contribution in [1.29, 1.82) is 0 Å². The van der Waals surface area contributed by atoms with Crippen molar-refractivity contribution < 1.29 is 18.8 Å². The molecule has 1 unspecified atom stereocenters. The van der Waals surface area contributed by atoms with Crippen molar-refractivity contribution in [2.45, 2.75) is 26.7 Å². The largest absolute Gasteiger partial charge is 0.466 e. The lowest BCUT2D eigenvalue weighted by Crippen LogP contribution is -2.42. The molecule has 29 heavy (non-hydrogen) atoms. The highest BCUT2D eigenvalue weighted by atomic mass is 16.5. The third-order valence-corrected chi connectivity index (χ3v) is 5.25. The molecule has 0 spiro atoms. The second-order valence-corrected chi connectivity index (χ2v) is 7.21. The molecule has 0 radical (unpaired) electrons. The van der Waals surface area contributed by atoms with E-state index in [1.54, 1.807) is 24.8 Å². The van der Waals surface area contributed by atoms with Gasteiger partial charge in [0.2, 0.25) is 0 Å². The first-order chi connectivity index (χ1) is 14.1. The summed E-state index contributed by atoms with van der Waals surface area (Å²) in [6.45, 7) is 4.88. The maximum atomic E-state index is 13.5. The minimum absolute atomic E-state index is 0.144. The highest BCUT2D eigenvalue weighted by molar-refractivity contribution is 6.07. The number of ether oxygens (including phenoxy) is 1. The number of aromatic nitrogens is 2. The number of rotatable bonds is 4. The number of nitrogens with zero attached hydrogens (tertiary/aromatic N) is 3. The van der Waals surface area contributed by atoms with Crippen molar-refractivity contribution in [3.63, 3.8) is 0 Å². The van der Waals surface area contributed by atoms with E-state index >= 15 is 0 Å². The molecule has 1 aliphatic rings. The predicted octanol–water partition coefficient (Wildman–Crippen LogP) is 3.61. The van der Waals surface area contributed by atoms with E-state index in [1.165, 1.54) is 0 Å². The minimum Gasteiger partial charge on any atom is -0.466 e. The number of carbonyl (C=O) groups excluding carboxylic acids is 2. The number of carbonyl (C=O) groups is 2. The first-order valence-electron chi connectivity index (χ1n) is 9.86. The van der Waals surface area contributed by atoms with Gasteiger partial charge in [-0.25, -0.2) is 4.98 Å². The Bertz CT molecular complexity index is 1040. The second kappa shape index (κ2) is 8.03. The van der Waals surface area contributed by atoms with Gasteiger partial charge in [0.25, 0.3) is 11.6 Å². The fourth-order valence-corrected chi connectivity index (χ4v) is 3.80. The standard InChI is InChI=1S/C22H23N3O4/c1-3-28-22(27)16-10-7-11-25(13-16)21(26)17-12-18(15-8-5-4-6-9-15)23-20-19(17)14(2)24-29-20/h4-6,8-9,12,16H,3,7,10-11,13H2,1-2H3. The maximum Gasteiger partial charge on any atom is 0.310 e. The molecule has 1 atom stereocenters. The van der Waals surface area contributed by atoms with Gasteiger partial charge in [0.1, 0.15) is 0 Å². The first-order valence-corrected chi connectivity index (χ1v) is 9.86. The molecule has 4 rings (SSSR count). The maximum absolute atomic E-state index is 13.5. The molecule has 3 aromatic rings. The zero-order chi connectivity index (χ0) is 20.4. The molecule has 1 aliphatic heterocycles. The zero-order valence-electron chi connectivity index (χ0n) is 16.6. The molecule has 7 nitrogen and oxygen atoms in total. The Hall–Kier alpha value is -3.22. The van der Waals surface area contributed by atoms with Crippen LogP contribution in [0.5, 0.6) is 0 Å². The Morgan fingerprint density at radius 2 is 2.07 bits per heavy atom. The summed E-state index contributed by atoms with van der Waals surface area (Å²) in [7, 11) is 0. The van der Waals surface area contributed by atoms with Crippen LogP contribution in [-0.4, -0.2) is 46.6 Å². The summed E-state index contributed by atoms with van der Waals surface area (Å²) in [5.74, 6) is -0.673. The van der Waals surface area contributed by atoms with E-state index in [0.717, 1.165) is 18.4 Å². The van der Waals surface area contributed by atoms with Gasteiger partial charge in [-0.1, -0.05) is 35.5 Å². The molecule has 1 aromatic carbocycles. The number of amides is 1. The van der Waals surface area contributed by atoms with Crippen molar-refractivity contribution in [3.05, 3.63) is 47.7 Å². The minimum atomic E-state index is -0.290. The number of aryl methyl sites for hydroxylation is 1. The third kappa shape index (κ3) is 3.72. The third-order valence-electron chi connectivity index (χ3n) is 5.25. The van der Waals surface area contributed by atoms with Crippen LogP contribution in [0.2, 0.25) is 0 Å². The molecule has 3 heterocycles. The Balaban J connectivity index is 1.71. The highest BCUT2D eigenvalue weighted by Crippen LogP contribution is 2.29. The lowest BCUT2D eigenvalue weighted by molar-refractivity contribution is -0.149. The Kier molecular flexibility index (Phi) is 5.29. The van der Waals surface area contributed by atoms with E-state index < -0.39 is 0 Å². The number of likely N-dealkylation sites (tertiary alicyclic amines) is 1. The molecule has 0 saturated carbocycles. The molecule has 0 aliphatic carbocycles. The smallest absolute Gasteiger partial charge is 0.310 e. The van der Waals surface area contributed by atoms with Gasteiger partial charge in [-0.05, 0) is 32.8 Å². The van der Waals surface area contributed by atoms with Gasteiger partial charge in [0.15, 0.2) is 0 Å². The molecule has 2 aromatic heterocycles. The molecule has 150 valence electrons. The predicted molar refractivity (Wildman–Crippen MR) is 107 cm³/mol. The van der Waals surface area contributed by atoms with E-state index in [9.17, 15) is 9.59 Å². The number of pyridine rings is 1. The van der Waals surface area contributed by atoms with Crippen LogP contribution in [0.1, 0.15) is 35.8 Å². The molecule has 0 bridgehead atoms. The quantitative estimate of drug-likeness (QED) is 0.630. The van der Waals surface area contributed by atoms with Gasteiger partial charge in [0, 0.05) is 18.7 Å². The van der Waals surface area contributed by atoms with Gasteiger partial charge in [0.05, 0.1) is 34.9 Å². The topological polar surface area (TPSA) is 85.5 Å². The fraction of sp³-hybridized carbons (Fsp3) is 0.364. The van der Waals surface area contributed by atoms with E-state index in [0.29, 0.717) is 47.7 Å². The Morgan fingerprint density at radius 3 is 2.83 bits per heavy atom. The molecule has 0 N–H and O–H groups in total. The average Bonchev–Trinajstić information content (AvgIpc) is 3.14. The van der Waals surface area contributed by atoms with Crippen LogP contribution in [0, 0.1) is 12.8 Å². The average molecular weight is 393 g/mol. The number of piperidine rings is 1. The number of hydrogen-bond acceptors (Lipinski definition) is 6. The van der Waals surface area contributed by atoms with Gasteiger partial charge < -0.3 is 14.2 Å². The first kappa shape index (κ1) is 19.1. The number of benzene rings is 1. The summed E-state index contributed by atoms with van der Waals surface area (Å²) in [5, 5.41) is 4.62. The van der Waals surface area contributed by atoms with Crippen molar-refractivity contribution in [2.24, 2.45) is 5.92 Å². The van der Waals surface area contributed by atoms with Crippen LogP contribution in [0.15, 0.2) is 40.9 Å². The molecule has 1 saturated heterocycles. The highest BCUT2D eigenvalue weighted by Gasteiger charge is 2.31. The fourth-order valence-electron chi connectivity index (χ4n) is 3.80. The summed E-state index contributed by atoms with van der Waals surface area (Å²) in [6, 6.07) is 11.4. The second-order valence-electron chi connectivity index (χ2n) is 7.21.